The number of fused-ring (bicyclic) bond motifs is 1. The Hall–Kier alpha value is -2.39. The highest BCUT2D eigenvalue weighted by molar-refractivity contribution is 5.83. The van der Waals surface area contributed by atoms with Gasteiger partial charge in [0.2, 0.25) is 0 Å². The maximum Gasteiger partial charge on any atom is 0.336 e. The quantitative estimate of drug-likeness (QED) is 0.673. The van der Waals surface area contributed by atoms with E-state index in [0.717, 1.165) is 34.9 Å². The summed E-state index contributed by atoms with van der Waals surface area (Å²) in [5, 5.41) is 4.56. The standard InChI is InChI=1S/C22H25NO2/c1-15-9-12-20-19(13-21(24)25-22(20)17(15)3)14-23-16(2)10-11-18-7-5-4-6-8-18/h4-9,12-13,16,23H,10-11,14H2,1-3H3/t16-/m0/s1. The molecule has 0 bridgehead atoms. The second kappa shape index (κ2) is 7.66. The highest BCUT2D eigenvalue weighted by Gasteiger charge is 2.10. The summed E-state index contributed by atoms with van der Waals surface area (Å²) in [7, 11) is 0. The molecule has 3 rings (SSSR count). The van der Waals surface area contributed by atoms with E-state index in [0.29, 0.717) is 18.2 Å². The molecule has 0 amide bonds. The van der Waals surface area contributed by atoms with Crippen molar-refractivity contribution in [2.75, 3.05) is 0 Å². The molecular formula is C22H25NO2. The Bertz CT molecular complexity index is 912. The number of rotatable bonds is 6. The van der Waals surface area contributed by atoms with Crippen molar-refractivity contribution in [3.8, 4) is 0 Å². The van der Waals surface area contributed by atoms with Crippen LogP contribution >= 0.6 is 0 Å². The normalized spacial score (nSPS) is 12.4. The molecule has 1 aromatic heterocycles. The minimum absolute atomic E-state index is 0.282. The molecule has 0 saturated heterocycles. The molecule has 3 heteroatoms. The van der Waals surface area contributed by atoms with E-state index in [1.165, 1.54) is 5.56 Å². The van der Waals surface area contributed by atoms with Crippen LogP contribution in [0.1, 0.15) is 35.6 Å². The minimum atomic E-state index is -0.282. The Balaban J connectivity index is 1.70. The van der Waals surface area contributed by atoms with E-state index in [-0.39, 0.29) is 5.63 Å². The second-order valence-corrected chi connectivity index (χ2v) is 6.78. The molecular weight excluding hydrogens is 310 g/mol. The zero-order valence-corrected chi connectivity index (χ0v) is 15.1. The molecule has 130 valence electrons. The summed E-state index contributed by atoms with van der Waals surface area (Å²) >= 11 is 0. The van der Waals surface area contributed by atoms with Crippen LogP contribution < -0.4 is 10.9 Å². The van der Waals surface area contributed by atoms with Gasteiger partial charge in [-0.25, -0.2) is 4.79 Å². The average Bonchev–Trinajstić information content (AvgIpc) is 2.62. The highest BCUT2D eigenvalue weighted by Crippen LogP contribution is 2.23. The van der Waals surface area contributed by atoms with Gasteiger partial charge in [-0.2, -0.15) is 0 Å². The van der Waals surface area contributed by atoms with Gasteiger partial charge in [0, 0.05) is 24.0 Å². The van der Waals surface area contributed by atoms with Crippen LogP contribution in [0, 0.1) is 13.8 Å². The van der Waals surface area contributed by atoms with Crippen molar-refractivity contribution < 1.29 is 4.42 Å². The van der Waals surface area contributed by atoms with Gasteiger partial charge in [-0.15, -0.1) is 0 Å². The monoisotopic (exact) mass is 335 g/mol. The van der Waals surface area contributed by atoms with Gasteiger partial charge in [0.05, 0.1) is 0 Å². The van der Waals surface area contributed by atoms with Gasteiger partial charge in [-0.05, 0) is 55.9 Å². The van der Waals surface area contributed by atoms with E-state index in [9.17, 15) is 4.79 Å². The van der Waals surface area contributed by atoms with Crippen molar-refractivity contribution in [2.45, 2.75) is 46.2 Å². The topological polar surface area (TPSA) is 42.2 Å². The van der Waals surface area contributed by atoms with Gasteiger partial charge in [-0.1, -0.05) is 42.5 Å². The van der Waals surface area contributed by atoms with Crippen molar-refractivity contribution in [1.82, 2.24) is 5.32 Å². The van der Waals surface area contributed by atoms with E-state index in [1.807, 2.05) is 26.0 Å². The highest BCUT2D eigenvalue weighted by atomic mass is 16.4. The SMILES string of the molecule is Cc1ccc2c(CN[C@@H](C)CCc3ccccc3)cc(=O)oc2c1C. The molecule has 0 radical (unpaired) electrons. The Morgan fingerprint density at radius 1 is 1.08 bits per heavy atom. The Kier molecular flexibility index (Phi) is 5.34. The van der Waals surface area contributed by atoms with Crippen LogP contribution in [0.3, 0.4) is 0 Å². The first-order valence-electron chi connectivity index (χ1n) is 8.85. The molecule has 1 N–H and O–H groups in total. The molecule has 25 heavy (non-hydrogen) atoms. The smallest absolute Gasteiger partial charge is 0.336 e. The van der Waals surface area contributed by atoms with Crippen molar-refractivity contribution >= 4 is 11.0 Å². The van der Waals surface area contributed by atoms with E-state index in [2.05, 4.69) is 42.6 Å². The number of benzene rings is 2. The van der Waals surface area contributed by atoms with E-state index < -0.39 is 0 Å². The molecule has 1 heterocycles. The molecule has 0 unspecified atom stereocenters. The van der Waals surface area contributed by atoms with Gasteiger partial charge in [-0.3, -0.25) is 0 Å². The summed E-state index contributed by atoms with van der Waals surface area (Å²) in [6.07, 6.45) is 2.10. The van der Waals surface area contributed by atoms with Crippen LogP contribution in [0.25, 0.3) is 11.0 Å². The van der Waals surface area contributed by atoms with E-state index >= 15 is 0 Å². The molecule has 1 atom stereocenters. The summed E-state index contributed by atoms with van der Waals surface area (Å²) in [5.41, 5.74) is 4.95. The van der Waals surface area contributed by atoms with E-state index in [4.69, 9.17) is 4.42 Å². The third-order valence-electron chi connectivity index (χ3n) is 4.87. The van der Waals surface area contributed by atoms with Gasteiger partial charge in [0.15, 0.2) is 0 Å². The molecule has 2 aromatic carbocycles. The zero-order valence-electron chi connectivity index (χ0n) is 15.1. The lowest BCUT2D eigenvalue weighted by Gasteiger charge is -2.15. The number of hydrogen-bond donors (Lipinski definition) is 1. The van der Waals surface area contributed by atoms with Crippen LogP contribution in [0.5, 0.6) is 0 Å². The maximum absolute atomic E-state index is 11.9. The fourth-order valence-electron chi connectivity index (χ4n) is 3.08. The molecule has 0 saturated carbocycles. The fourth-order valence-corrected chi connectivity index (χ4v) is 3.08. The summed E-state index contributed by atoms with van der Waals surface area (Å²) < 4.78 is 5.44. The molecule has 3 nitrogen and oxygen atoms in total. The molecule has 0 spiro atoms. The number of aryl methyl sites for hydroxylation is 3. The predicted octanol–water partition coefficient (Wildman–Crippen LogP) is 4.52. The molecule has 0 aliphatic carbocycles. The lowest BCUT2D eigenvalue weighted by molar-refractivity contribution is 0.510. The van der Waals surface area contributed by atoms with Crippen LogP contribution in [0.2, 0.25) is 0 Å². The van der Waals surface area contributed by atoms with Gasteiger partial charge < -0.3 is 9.73 Å². The van der Waals surface area contributed by atoms with Crippen molar-refractivity contribution in [2.24, 2.45) is 0 Å². The van der Waals surface area contributed by atoms with Crippen LogP contribution in [0.15, 0.2) is 57.7 Å². The van der Waals surface area contributed by atoms with Crippen molar-refractivity contribution in [3.05, 3.63) is 81.2 Å². The summed E-state index contributed by atoms with van der Waals surface area (Å²) in [6, 6.07) is 16.6. The number of hydrogen-bond acceptors (Lipinski definition) is 3. The largest absolute Gasteiger partial charge is 0.422 e. The van der Waals surface area contributed by atoms with Crippen LogP contribution in [0.4, 0.5) is 0 Å². The first-order chi connectivity index (χ1) is 12.0. The second-order valence-electron chi connectivity index (χ2n) is 6.78. The first-order valence-corrected chi connectivity index (χ1v) is 8.85. The summed E-state index contributed by atoms with van der Waals surface area (Å²) in [5.74, 6) is 0. The first kappa shape index (κ1) is 17.4. The van der Waals surface area contributed by atoms with Gasteiger partial charge >= 0.3 is 5.63 Å². The Morgan fingerprint density at radius 2 is 1.84 bits per heavy atom. The molecule has 0 aliphatic heterocycles. The molecule has 0 fully saturated rings. The van der Waals surface area contributed by atoms with Crippen molar-refractivity contribution in [1.29, 1.82) is 0 Å². The summed E-state index contributed by atoms with van der Waals surface area (Å²) in [6.45, 7) is 6.89. The van der Waals surface area contributed by atoms with Gasteiger partial charge in [0.25, 0.3) is 0 Å². The molecule has 0 aliphatic rings. The Labute approximate surface area is 148 Å². The summed E-state index contributed by atoms with van der Waals surface area (Å²) in [4.78, 5) is 11.9. The lowest BCUT2D eigenvalue weighted by atomic mass is 10.0. The van der Waals surface area contributed by atoms with Crippen molar-refractivity contribution in [3.63, 3.8) is 0 Å². The van der Waals surface area contributed by atoms with E-state index in [1.54, 1.807) is 6.07 Å². The minimum Gasteiger partial charge on any atom is -0.422 e. The third-order valence-corrected chi connectivity index (χ3v) is 4.87. The third kappa shape index (κ3) is 4.18. The average molecular weight is 335 g/mol. The lowest BCUT2D eigenvalue weighted by Crippen LogP contribution is -2.26. The number of nitrogens with one attached hydrogen (secondary N) is 1. The van der Waals surface area contributed by atoms with Crippen LogP contribution in [-0.2, 0) is 13.0 Å². The fraction of sp³-hybridized carbons (Fsp3) is 0.318. The van der Waals surface area contributed by atoms with Crippen LogP contribution in [-0.4, -0.2) is 6.04 Å². The maximum atomic E-state index is 11.9. The molecule has 3 aromatic rings. The Morgan fingerprint density at radius 3 is 2.60 bits per heavy atom. The predicted molar refractivity (Wildman–Crippen MR) is 103 cm³/mol. The zero-order chi connectivity index (χ0) is 17.8. The van der Waals surface area contributed by atoms with Gasteiger partial charge in [0.1, 0.15) is 5.58 Å².